The fourth-order valence-corrected chi connectivity index (χ4v) is 1.88. The lowest BCUT2D eigenvalue weighted by molar-refractivity contribution is -0.123. The second kappa shape index (κ2) is 9.34. The maximum Gasteiger partial charge on any atom is 0.257 e. The molecule has 0 bridgehead atoms. The Labute approximate surface area is 126 Å². The molecule has 1 unspecified atom stereocenters. The molecule has 1 aromatic rings. The maximum absolute atomic E-state index is 14.0. The largest absolute Gasteiger partial charge is 0.484 e. The van der Waals surface area contributed by atoms with Crippen molar-refractivity contribution in [2.24, 2.45) is 0 Å². The minimum Gasteiger partial charge on any atom is -0.484 e. The second-order valence-corrected chi connectivity index (χ2v) is 5.00. The quantitative estimate of drug-likeness (QED) is 0.737. The van der Waals surface area contributed by atoms with Crippen molar-refractivity contribution >= 4 is 5.91 Å². The van der Waals surface area contributed by atoms with Gasteiger partial charge in [0.1, 0.15) is 11.6 Å². The van der Waals surface area contributed by atoms with Crippen molar-refractivity contribution < 1.29 is 13.9 Å². The van der Waals surface area contributed by atoms with Gasteiger partial charge in [0.25, 0.3) is 5.91 Å². The van der Waals surface area contributed by atoms with Crippen molar-refractivity contribution in [2.45, 2.75) is 39.7 Å². The molecule has 5 heteroatoms. The van der Waals surface area contributed by atoms with Gasteiger partial charge in [-0.1, -0.05) is 19.9 Å². The molecule has 0 saturated heterocycles. The standard InChI is InChI=1S/C16H25FN2O2/c1-4-8-18-12(3)14-7-6-13(10-15(14)17)21-11-16(20)19-9-5-2/h6-7,10,12,18H,4-5,8-9,11H2,1-3H3,(H,19,20). The Bertz CT molecular complexity index is 452. The fraction of sp³-hybridized carbons (Fsp3) is 0.562. The number of benzene rings is 1. The van der Waals surface area contributed by atoms with Gasteiger partial charge in [0.05, 0.1) is 0 Å². The molecular formula is C16H25FN2O2. The first-order chi connectivity index (χ1) is 10.1. The summed E-state index contributed by atoms with van der Waals surface area (Å²) in [5.41, 5.74) is 0.603. The SMILES string of the molecule is CCCNC(=O)COc1ccc(C(C)NCCC)c(F)c1. The van der Waals surface area contributed by atoms with Crippen molar-refractivity contribution in [1.29, 1.82) is 0 Å². The Morgan fingerprint density at radius 1 is 1.29 bits per heavy atom. The molecule has 0 aliphatic heterocycles. The van der Waals surface area contributed by atoms with Crippen molar-refractivity contribution in [3.05, 3.63) is 29.6 Å². The zero-order chi connectivity index (χ0) is 15.7. The van der Waals surface area contributed by atoms with Crippen molar-refractivity contribution in [2.75, 3.05) is 19.7 Å². The van der Waals surface area contributed by atoms with Crippen LogP contribution >= 0.6 is 0 Å². The Hall–Kier alpha value is -1.62. The molecule has 118 valence electrons. The molecule has 1 atom stereocenters. The Morgan fingerprint density at radius 3 is 2.62 bits per heavy atom. The number of halogens is 1. The number of hydrogen-bond donors (Lipinski definition) is 2. The first kappa shape index (κ1) is 17.4. The van der Waals surface area contributed by atoms with E-state index in [4.69, 9.17) is 4.74 Å². The molecule has 0 aliphatic rings. The Morgan fingerprint density at radius 2 is 2.00 bits per heavy atom. The highest BCUT2D eigenvalue weighted by Gasteiger charge is 2.11. The van der Waals surface area contributed by atoms with Crippen LogP contribution in [0.4, 0.5) is 4.39 Å². The van der Waals surface area contributed by atoms with E-state index in [1.54, 1.807) is 12.1 Å². The number of carbonyl (C=O) groups excluding carboxylic acids is 1. The zero-order valence-electron chi connectivity index (χ0n) is 13.0. The third kappa shape index (κ3) is 6.12. The van der Waals surface area contributed by atoms with Crippen molar-refractivity contribution in [3.63, 3.8) is 0 Å². The van der Waals surface area contributed by atoms with Gasteiger partial charge in [-0.25, -0.2) is 4.39 Å². The van der Waals surface area contributed by atoms with Crippen LogP contribution in [0.1, 0.15) is 45.2 Å². The van der Waals surface area contributed by atoms with Gasteiger partial charge < -0.3 is 15.4 Å². The minimum absolute atomic E-state index is 0.0492. The predicted molar refractivity (Wildman–Crippen MR) is 81.9 cm³/mol. The van der Waals surface area contributed by atoms with E-state index in [1.807, 2.05) is 13.8 Å². The van der Waals surface area contributed by atoms with E-state index >= 15 is 0 Å². The van der Waals surface area contributed by atoms with Crippen LogP contribution in [-0.2, 0) is 4.79 Å². The summed E-state index contributed by atoms with van der Waals surface area (Å²) < 4.78 is 19.3. The second-order valence-electron chi connectivity index (χ2n) is 5.00. The fourth-order valence-electron chi connectivity index (χ4n) is 1.88. The highest BCUT2D eigenvalue weighted by Crippen LogP contribution is 2.21. The predicted octanol–water partition coefficient (Wildman–Crippen LogP) is 2.79. The molecule has 4 nitrogen and oxygen atoms in total. The normalized spacial score (nSPS) is 12.0. The van der Waals surface area contributed by atoms with E-state index in [0.717, 1.165) is 19.4 Å². The summed E-state index contributed by atoms with van der Waals surface area (Å²) in [6, 6.07) is 4.66. The molecule has 0 spiro atoms. The first-order valence-electron chi connectivity index (χ1n) is 7.50. The zero-order valence-corrected chi connectivity index (χ0v) is 13.0. The van der Waals surface area contributed by atoms with Gasteiger partial charge in [-0.15, -0.1) is 0 Å². The molecule has 1 rings (SSSR count). The number of nitrogens with one attached hydrogen (secondary N) is 2. The monoisotopic (exact) mass is 296 g/mol. The molecule has 0 radical (unpaired) electrons. The van der Waals surface area contributed by atoms with Gasteiger partial charge in [0.2, 0.25) is 0 Å². The molecule has 21 heavy (non-hydrogen) atoms. The van der Waals surface area contributed by atoms with Gasteiger partial charge in [-0.05, 0) is 32.4 Å². The Balaban J connectivity index is 2.55. The minimum atomic E-state index is -0.322. The van der Waals surface area contributed by atoms with Gasteiger partial charge >= 0.3 is 0 Å². The number of hydrogen-bond acceptors (Lipinski definition) is 3. The van der Waals surface area contributed by atoms with E-state index < -0.39 is 0 Å². The van der Waals surface area contributed by atoms with E-state index in [2.05, 4.69) is 17.6 Å². The van der Waals surface area contributed by atoms with Gasteiger partial charge in [-0.2, -0.15) is 0 Å². The highest BCUT2D eigenvalue weighted by atomic mass is 19.1. The summed E-state index contributed by atoms with van der Waals surface area (Å²) in [5, 5.41) is 5.94. The number of ether oxygens (including phenoxy) is 1. The van der Waals surface area contributed by atoms with Crippen LogP contribution in [0.5, 0.6) is 5.75 Å². The molecule has 2 N–H and O–H groups in total. The summed E-state index contributed by atoms with van der Waals surface area (Å²) >= 11 is 0. The third-order valence-electron chi connectivity index (χ3n) is 3.08. The van der Waals surface area contributed by atoms with E-state index in [9.17, 15) is 9.18 Å². The maximum atomic E-state index is 14.0. The Kier molecular flexibility index (Phi) is 7.75. The molecule has 0 aromatic heterocycles. The average Bonchev–Trinajstić information content (AvgIpc) is 2.48. The van der Waals surface area contributed by atoms with Gasteiger partial charge in [0, 0.05) is 24.2 Å². The molecule has 1 amide bonds. The van der Waals surface area contributed by atoms with Crippen LogP contribution in [-0.4, -0.2) is 25.6 Å². The summed E-state index contributed by atoms with van der Waals surface area (Å²) in [6.45, 7) is 7.33. The van der Waals surface area contributed by atoms with E-state index in [1.165, 1.54) is 6.07 Å². The number of amides is 1. The number of carbonyl (C=O) groups is 1. The van der Waals surface area contributed by atoms with E-state index in [-0.39, 0.29) is 24.4 Å². The molecule has 0 aliphatic carbocycles. The van der Waals surface area contributed by atoms with Crippen molar-refractivity contribution in [1.82, 2.24) is 10.6 Å². The molecule has 0 fully saturated rings. The lowest BCUT2D eigenvalue weighted by atomic mass is 10.1. The summed E-state index contributed by atoms with van der Waals surface area (Å²) in [7, 11) is 0. The molecular weight excluding hydrogens is 271 g/mol. The summed E-state index contributed by atoms with van der Waals surface area (Å²) in [5.74, 6) is -0.150. The van der Waals surface area contributed by atoms with Crippen LogP contribution in [0.3, 0.4) is 0 Å². The van der Waals surface area contributed by atoms with Crippen LogP contribution in [0.2, 0.25) is 0 Å². The molecule has 1 aromatic carbocycles. The highest BCUT2D eigenvalue weighted by molar-refractivity contribution is 5.77. The van der Waals surface area contributed by atoms with Crippen LogP contribution in [0.25, 0.3) is 0 Å². The van der Waals surface area contributed by atoms with E-state index in [0.29, 0.717) is 17.9 Å². The first-order valence-corrected chi connectivity index (χ1v) is 7.50. The summed E-state index contributed by atoms with van der Waals surface area (Å²) in [4.78, 5) is 11.4. The molecule has 0 saturated carbocycles. The summed E-state index contributed by atoms with van der Waals surface area (Å²) in [6.07, 6.45) is 1.87. The number of rotatable bonds is 9. The average molecular weight is 296 g/mol. The lowest BCUT2D eigenvalue weighted by Crippen LogP contribution is -2.29. The van der Waals surface area contributed by atoms with Gasteiger partial charge in [-0.3, -0.25) is 4.79 Å². The van der Waals surface area contributed by atoms with Crippen molar-refractivity contribution in [3.8, 4) is 5.75 Å². The van der Waals surface area contributed by atoms with Crippen LogP contribution in [0.15, 0.2) is 18.2 Å². The third-order valence-corrected chi connectivity index (χ3v) is 3.08. The van der Waals surface area contributed by atoms with Crippen LogP contribution in [0, 0.1) is 5.82 Å². The smallest absolute Gasteiger partial charge is 0.257 e. The molecule has 0 heterocycles. The van der Waals surface area contributed by atoms with Gasteiger partial charge in [0.15, 0.2) is 6.61 Å². The van der Waals surface area contributed by atoms with Crippen LogP contribution < -0.4 is 15.4 Å². The topological polar surface area (TPSA) is 50.4 Å². The lowest BCUT2D eigenvalue weighted by Gasteiger charge is -2.15.